The second-order valence-corrected chi connectivity index (χ2v) is 13.1. The predicted molar refractivity (Wildman–Crippen MR) is 128 cm³/mol. The van der Waals surface area contributed by atoms with Gasteiger partial charge in [0.25, 0.3) is 0 Å². The van der Waals surface area contributed by atoms with Crippen LogP contribution in [0.25, 0.3) is 0 Å². The first-order chi connectivity index (χ1) is 14.0. The van der Waals surface area contributed by atoms with Gasteiger partial charge in [0.15, 0.2) is 0 Å². The first kappa shape index (κ1) is 22.6. The molecule has 30 heavy (non-hydrogen) atoms. The summed E-state index contributed by atoms with van der Waals surface area (Å²) in [7, 11) is 0. The number of aliphatic hydroxyl groups is 1. The molecule has 0 aromatic heterocycles. The van der Waals surface area contributed by atoms with E-state index >= 15 is 0 Å². The molecule has 0 saturated heterocycles. The molecule has 4 aliphatic rings. The molecule has 1 nitrogen and oxygen atoms in total. The predicted octanol–water partition coefficient (Wildman–Crippen LogP) is 7.94. The van der Waals surface area contributed by atoms with E-state index in [2.05, 4.69) is 60.6 Å². The molecule has 7 atom stereocenters. The van der Waals surface area contributed by atoms with Crippen LogP contribution in [-0.2, 0) is 0 Å². The molecule has 4 aliphatic carbocycles. The van der Waals surface area contributed by atoms with E-state index in [0.29, 0.717) is 11.3 Å². The van der Waals surface area contributed by atoms with Gasteiger partial charge in [-0.15, -0.1) is 0 Å². The number of rotatable bonds is 5. The van der Waals surface area contributed by atoms with Crippen molar-refractivity contribution >= 4 is 0 Å². The molecule has 0 amide bonds. The molecule has 0 bridgehead atoms. The maximum Gasteiger partial charge on any atom is 0.0594 e. The van der Waals surface area contributed by atoms with E-state index in [0.717, 1.165) is 42.9 Å². The Morgan fingerprint density at radius 1 is 1.00 bits per heavy atom. The van der Waals surface area contributed by atoms with Gasteiger partial charge in [-0.05, 0) is 95.5 Å². The monoisotopic (exact) mass is 412 g/mol. The second-order valence-electron chi connectivity index (χ2n) is 13.1. The Kier molecular flexibility index (Phi) is 5.87. The van der Waals surface area contributed by atoms with E-state index in [4.69, 9.17) is 0 Å². The molecule has 1 heteroatoms. The third-order valence-electron chi connectivity index (χ3n) is 10.6. The Hall–Kier alpha value is -0.560. The van der Waals surface area contributed by atoms with Crippen molar-refractivity contribution in [3.63, 3.8) is 0 Å². The number of fused-ring (bicyclic) bond motifs is 5. The molecule has 0 aromatic carbocycles. The van der Waals surface area contributed by atoms with Crippen LogP contribution in [0.1, 0.15) is 106 Å². The van der Waals surface area contributed by atoms with Crippen molar-refractivity contribution in [2.24, 2.45) is 45.8 Å². The maximum absolute atomic E-state index is 10.7. The van der Waals surface area contributed by atoms with Crippen molar-refractivity contribution in [1.82, 2.24) is 0 Å². The quantitative estimate of drug-likeness (QED) is 0.486. The van der Waals surface area contributed by atoms with E-state index < -0.39 is 0 Å². The minimum Gasteiger partial charge on any atom is -0.393 e. The molecular formula is C29H48O. The summed E-state index contributed by atoms with van der Waals surface area (Å²) in [5.41, 5.74) is 4.15. The molecule has 4 rings (SSSR count). The Morgan fingerprint density at radius 3 is 2.43 bits per heavy atom. The Balaban J connectivity index is 1.58. The van der Waals surface area contributed by atoms with Crippen LogP contribution in [0.4, 0.5) is 0 Å². The second kappa shape index (κ2) is 7.79. The van der Waals surface area contributed by atoms with Gasteiger partial charge in [0.05, 0.1) is 6.10 Å². The van der Waals surface area contributed by atoms with Gasteiger partial charge in [0.1, 0.15) is 0 Å². The van der Waals surface area contributed by atoms with E-state index in [1.54, 1.807) is 11.1 Å². The van der Waals surface area contributed by atoms with Crippen molar-refractivity contribution in [1.29, 1.82) is 0 Å². The number of hydrogen-bond acceptors (Lipinski definition) is 1. The highest BCUT2D eigenvalue weighted by molar-refractivity contribution is 5.47. The van der Waals surface area contributed by atoms with Crippen molar-refractivity contribution in [3.8, 4) is 0 Å². The van der Waals surface area contributed by atoms with Gasteiger partial charge in [-0.1, -0.05) is 79.9 Å². The topological polar surface area (TPSA) is 20.2 Å². The molecule has 0 aliphatic heterocycles. The van der Waals surface area contributed by atoms with Crippen LogP contribution in [0.2, 0.25) is 0 Å². The summed E-state index contributed by atoms with van der Waals surface area (Å²) >= 11 is 0. The van der Waals surface area contributed by atoms with E-state index in [1.165, 1.54) is 38.5 Å². The lowest BCUT2D eigenvalue weighted by Crippen LogP contribution is -2.53. The van der Waals surface area contributed by atoms with Crippen LogP contribution in [-0.4, -0.2) is 11.2 Å². The fraction of sp³-hybridized carbons (Fsp3) is 0.862. The summed E-state index contributed by atoms with van der Waals surface area (Å²) in [6.07, 6.45) is 16.7. The lowest BCUT2D eigenvalue weighted by molar-refractivity contribution is -0.0834. The maximum atomic E-state index is 10.7. The average Bonchev–Trinajstić information content (AvgIpc) is 3.02. The molecule has 0 aromatic rings. The van der Waals surface area contributed by atoms with Gasteiger partial charge in [0, 0.05) is 0 Å². The largest absolute Gasteiger partial charge is 0.393 e. The summed E-state index contributed by atoms with van der Waals surface area (Å²) < 4.78 is 0. The van der Waals surface area contributed by atoms with Gasteiger partial charge in [-0.2, -0.15) is 0 Å². The van der Waals surface area contributed by atoms with Gasteiger partial charge < -0.3 is 5.11 Å². The SMILES string of the molecule is CC(C)CCC[C@@H](C)[C@H]1CC[C@H]2C3=CCC4C(C)(C)C(O)CC[C@]4(C)C3=CC[C@]12C. The third kappa shape index (κ3) is 3.37. The molecule has 2 unspecified atom stereocenters. The molecule has 1 N–H and O–H groups in total. The summed E-state index contributed by atoms with van der Waals surface area (Å²) in [6, 6.07) is 0. The van der Waals surface area contributed by atoms with Crippen molar-refractivity contribution in [2.75, 3.05) is 0 Å². The Morgan fingerprint density at radius 2 is 1.73 bits per heavy atom. The van der Waals surface area contributed by atoms with Crippen LogP contribution in [0.3, 0.4) is 0 Å². The Labute approximate surface area is 186 Å². The summed E-state index contributed by atoms with van der Waals surface area (Å²) in [6.45, 7) is 17.1. The summed E-state index contributed by atoms with van der Waals surface area (Å²) in [5, 5.41) is 10.7. The fourth-order valence-electron chi connectivity index (χ4n) is 8.66. The molecule has 0 spiro atoms. The first-order valence-electron chi connectivity index (χ1n) is 13.1. The highest BCUT2D eigenvalue weighted by atomic mass is 16.3. The zero-order chi connectivity index (χ0) is 21.9. The molecule has 170 valence electrons. The Bertz CT molecular complexity index is 712. The smallest absolute Gasteiger partial charge is 0.0594 e. The highest BCUT2D eigenvalue weighted by Gasteiger charge is 2.58. The standard InChI is InChI=1S/C29H48O/c1-19(2)9-8-10-20(3)22-12-13-23-21-11-14-25-27(4,5)26(30)16-18-29(25,7)24(21)15-17-28(22,23)6/h11,15,19-20,22-23,25-26,30H,8-10,12-14,16-18H2,1-7H3/t20-,22-,23+,25?,26?,28-,29-/m1/s1. The van der Waals surface area contributed by atoms with Crippen molar-refractivity contribution in [3.05, 3.63) is 23.3 Å². The van der Waals surface area contributed by atoms with Crippen molar-refractivity contribution in [2.45, 2.75) is 112 Å². The third-order valence-corrected chi connectivity index (χ3v) is 10.6. The van der Waals surface area contributed by atoms with Gasteiger partial charge in [0.2, 0.25) is 0 Å². The van der Waals surface area contributed by atoms with Gasteiger partial charge in [-0.25, -0.2) is 0 Å². The normalized spacial score (nSPS) is 43.4. The molecule has 2 fully saturated rings. The highest BCUT2D eigenvalue weighted by Crippen LogP contribution is 2.67. The average molecular weight is 413 g/mol. The molecule has 0 radical (unpaired) electrons. The van der Waals surface area contributed by atoms with Crippen LogP contribution in [0.5, 0.6) is 0 Å². The summed E-state index contributed by atoms with van der Waals surface area (Å²) in [4.78, 5) is 0. The fourth-order valence-corrected chi connectivity index (χ4v) is 8.66. The molecule has 0 heterocycles. The van der Waals surface area contributed by atoms with Crippen LogP contribution in [0, 0.1) is 45.8 Å². The molecule has 2 saturated carbocycles. The van der Waals surface area contributed by atoms with Crippen LogP contribution < -0.4 is 0 Å². The van der Waals surface area contributed by atoms with Crippen LogP contribution in [0.15, 0.2) is 23.3 Å². The lowest BCUT2D eigenvalue weighted by Gasteiger charge is -2.58. The minimum absolute atomic E-state index is 0.0137. The molecular weight excluding hydrogens is 364 g/mol. The van der Waals surface area contributed by atoms with E-state index in [9.17, 15) is 5.11 Å². The van der Waals surface area contributed by atoms with Gasteiger partial charge in [-0.3, -0.25) is 0 Å². The van der Waals surface area contributed by atoms with E-state index in [1.807, 2.05) is 0 Å². The number of hydrogen-bond donors (Lipinski definition) is 1. The zero-order valence-electron chi connectivity index (χ0n) is 20.9. The number of allylic oxidation sites excluding steroid dienone is 4. The number of aliphatic hydroxyl groups excluding tert-OH is 1. The van der Waals surface area contributed by atoms with Crippen LogP contribution >= 0.6 is 0 Å². The lowest BCUT2D eigenvalue weighted by atomic mass is 9.46. The minimum atomic E-state index is -0.150. The van der Waals surface area contributed by atoms with Crippen molar-refractivity contribution < 1.29 is 5.11 Å². The van der Waals surface area contributed by atoms with Gasteiger partial charge >= 0.3 is 0 Å². The van der Waals surface area contributed by atoms with E-state index in [-0.39, 0.29) is 16.9 Å². The zero-order valence-corrected chi connectivity index (χ0v) is 20.9. The summed E-state index contributed by atoms with van der Waals surface area (Å²) in [5.74, 6) is 3.90. The first-order valence-corrected chi connectivity index (χ1v) is 13.1.